The summed E-state index contributed by atoms with van der Waals surface area (Å²) < 4.78 is 2.03. The van der Waals surface area contributed by atoms with Crippen LogP contribution in [0, 0.1) is 13.8 Å². The molecule has 0 saturated carbocycles. The zero-order chi connectivity index (χ0) is 14.0. The lowest BCUT2D eigenvalue weighted by atomic mass is 10.1. The van der Waals surface area contributed by atoms with E-state index in [0.717, 1.165) is 23.8 Å². The summed E-state index contributed by atoms with van der Waals surface area (Å²) in [4.78, 5) is 4.48. The molecule has 4 nitrogen and oxygen atoms in total. The van der Waals surface area contributed by atoms with Crippen LogP contribution in [0.5, 0.6) is 0 Å². The molecule has 0 unspecified atom stereocenters. The second-order valence-corrected chi connectivity index (χ2v) is 6.84. The van der Waals surface area contributed by atoms with Crippen molar-refractivity contribution >= 4 is 11.3 Å². The lowest BCUT2D eigenvalue weighted by molar-refractivity contribution is 0.423. The summed E-state index contributed by atoms with van der Waals surface area (Å²) in [5.74, 6) is 0. The van der Waals surface area contributed by atoms with E-state index in [2.05, 4.69) is 48.5 Å². The molecule has 0 aliphatic heterocycles. The monoisotopic (exact) mass is 278 g/mol. The first-order valence-electron chi connectivity index (χ1n) is 6.52. The predicted molar refractivity (Wildman–Crippen MR) is 79.5 cm³/mol. The van der Waals surface area contributed by atoms with Crippen molar-refractivity contribution in [3.63, 3.8) is 0 Å². The minimum Gasteiger partial charge on any atom is -0.308 e. The number of nitrogens with one attached hydrogen (secondary N) is 1. The quantitative estimate of drug-likeness (QED) is 0.935. The van der Waals surface area contributed by atoms with Crippen molar-refractivity contribution in [2.45, 2.75) is 53.2 Å². The van der Waals surface area contributed by atoms with E-state index in [1.165, 1.54) is 11.3 Å². The van der Waals surface area contributed by atoms with Crippen molar-refractivity contribution in [2.75, 3.05) is 0 Å². The van der Waals surface area contributed by atoms with Gasteiger partial charge in [0.25, 0.3) is 0 Å². The second kappa shape index (κ2) is 5.43. The van der Waals surface area contributed by atoms with Crippen LogP contribution in [0.3, 0.4) is 0 Å². The third-order valence-electron chi connectivity index (χ3n) is 2.97. The van der Waals surface area contributed by atoms with E-state index < -0.39 is 0 Å². The Morgan fingerprint density at radius 1 is 1.32 bits per heavy atom. The van der Waals surface area contributed by atoms with Crippen LogP contribution < -0.4 is 5.32 Å². The Bertz CT molecular complexity index is 548. The fraction of sp³-hybridized carbons (Fsp3) is 0.571. The highest BCUT2D eigenvalue weighted by Crippen LogP contribution is 2.14. The standard InChI is InChI=1S/C14H22N4S/c1-10-9-19-13(17-10)8-18-11(2)12(7-16-18)6-15-14(3,4)5/h7,9,15H,6,8H2,1-5H3. The molecule has 2 rings (SSSR count). The molecule has 0 saturated heterocycles. The summed E-state index contributed by atoms with van der Waals surface area (Å²) in [6.07, 6.45) is 1.95. The SMILES string of the molecule is Cc1csc(Cn2ncc(CNC(C)(C)C)c2C)n1. The molecule has 104 valence electrons. The number of rotatable bonds is 4. The van der Waals surface area contributed by atoms with Crippen molar-refractivity contribution in [3.05, 3.63) is 33.5 Å². The summed E-state index contributed by atoms with van der Waals surface area (Å²) in [6.45, 7) is 12.3. The highest BCUT2D eigenvalue weighted by molar-refractivity contribution is 7.09. The number of hydrogen-bond acceptors (Lipinski definition) is 4. The van der Waals surface area contributed by atoms with Crippen LogP contribution in [0.4, 0.5) is 0 Å². The Morgan fingerprint density at radius 2 is 2.05 bits per heavy atom. The zero-order valence-electron chi connectivity index (χ0n) is 12.3. The first-order chi connectivity index (χ1) is 8.85. The van der Waals surface area contributed by atoms with E-state index in [0.29, 0.717) is 0 Å². The fourth-order valence-corrected chi connectivity index (χ4v) is 2.53. The molecule has 0 fully saturated rings. The highest BCUT2D eigenvalue weighted by Gasteiger charge is 2.12. The van der Waals surface area contributed by atoms with Crippen LogP contribution >= 0.6 is 11.3 Å². The van der Waals surface area contributed by atoms with Gasteiger partial charge in [-0.05, 0) is 34.6 Å². The molecule has 5 heteroatoms. The van der Waals surface area contributed by atoms with E-state index >= 15 is 0 Å². The molecule has 0 spiro atoms. The van der Waals surface area contributed by atoms with Gasteiger partial charge in [0.2, 0.25) is 0 Å². The Labute approximate surface area is 118 Å². The molecular weight excluding hydrogens is 256 g/mol. The third kappa shape index (κ3) is 3.88. The molecule has 0 aliphatic carbocycles. The minimum absolute atomic E-state index is 0.126. The van der Waals surface area contributed by atoms with Crippen LogP contribution in [0.25, 0.3) is 0 Å². The normalized spacial score (nSPS) is 12.1. The largest absolute Gasteiger partial charge is 0.308 e. The summed E-state index contributed by atoms with van der Waals surface area (Å²) in [5, 5.41) is 11.1. The van der Waals surface area contributed by atoms with Gasteiger partial charge in [0.15, 0.2) is 0 Å². The van der Waals surface area contributed by atoms with Gasteiger partial charge in [0.05, 0.1) is 12.7 Å². The molecule has 2 heterocycles. The zero-order valence-corrected chi connectivity index (χ0v) is 13.1. The molecule has 0 radical (unpaired) electrons. The molecule has 2 aromatic rings. The van der Waals surface area contributed by atoms with Gasteiger partial charge in [-0.3, -0.25) is 4.68 Å². The van der Waals surface area contributed by atoms with Crippen molar-refractivity contribution in [2.24, 2.45) is 0 Å². The smallest absolute Gasteiger partial charge is 0.114 e. The molecule has 0 bridgehead atoms. The van der Waals surface area contributed by atoms with Gasteiger partial charge in [-0.25, -0.2) is 4.98 Å². The highest BCUT2D eigenvalue weighted by atomic mass is 32.1. The van der Waals surface area contributed by atoms with Crippen molar-refractivity contribution in [1.82, 2.24) is 20.1 Å². The minimum atomic E-state index is 0.126. The first-order valence-corrected chi connectivity index (χ1v) is 7.40. The van der Waals surface area contributed by atoms with Crippen LogP contribution in [-0.2, 0) is 13.1 Å². The van der Waals surface area contributed by atoms with Crippen LogP contribution in [0.2, 0.25) is 0 Å². The second-order valence-electron chi connectivity index (χ2n) is 5.90. The lowest BCUT2D eigenvalue weighted by Crippen LogP contribution is -2.35. The Balaban J connectivity index is 2.05. The van der Waals surface area contributed by atoms with Crippen molar-refractivity contribution in [3.8, 4) is 0 Å². The number of nitrogens with zero attached hydrogens (tertiary/aromatic N) is 3. The molecule has 0 aliphatic rings. The van der Waals surface area contributed by atoms with Gasteiger partial charge in [-0.1, -0.05) is 0 Å². The molecular formula is C14H22N4S. The Hall–Kier alpha value is -1.20. The Morgan fingerprint density at radius 3 is 2.63 bits per heavy atom. The molecule has 2 aromatic heterocycles. The third-order valence-corrected chi connectivity index (χ3v) is 3.92. The first kappa shape index (κ1) is 14.2. The molecule has 19 heavy (non-hydrogen) atoms. The van der Waals surface area contributed by atoms with E-state index in [-0.39, 0.29) is 5.54 Å². The van der Waals surface area contributed by atoms with Crippen LogP contribution in [0.1, 0.15) is 42.7 Å². The average molecular weight is 278 g/mol. The maximum Gasteiger partial charge on any atom is 0.114 e. The molecule has 0 amide bonds. The lowest BCUT2D eigenvalue weighted by Gasteiger charge is -2.20. The van der Waals surface area contributed by atoms with Crippen molar-refractivity contribution < 1.29 is 0 Å². The predicted octanol–water partition coefficient (Wildman–Crippen LogP) is 2.89. The van der Waals surface area contributed by atoms with Crippen LogP contribution in [-0.4, -0.2) is 20.3 Å². The topological polar surface area (TPSA) is 42.7 Å². The number of thiazole rings is 1. The fourth-order valence-electron chi connectivity index (χ4n) is 1.78. The van der Waals surface area contributed by atoms with Gasteiger partial charge >= 0.3 is 0 Å². The summed E-state index contributed by atoms with van der Waals surface area (Å²) in [7, 11) is 0. The van der Waals surface area contributed by atoms with Gasteiger partial charge in [-0.15, -0.1) is 11.3 Å². The summed E-state index contributed by atoms with van der Waals surface area (Å²) in [6, 6.07) is 0. The van der Waals surface area contributed by atoms with Gasteiger partial charge in [0, 0.05) is 34.4 Å². The van der Waals surface area contributed by atoms with Crippen molar-refractivity contribution in [1.29, 1.82) is 0 Å². The van der Waals surface area contributed by atoms with E-state index in [4.69, 9.17) is 0 Å². The molecule has 0 atom stereocenters. The van der Waals surface area contributed by atoms with E-state index in [1.54, 1.807) is 11.3 Å². The number of aromatic nitrogens is 3. The molecule has 0 aromatic carbocycles. The van der Waals surface area contributed by atoms with Crippen LogP contribution in [0.15, 0.2) is 11.6 Å². The van der Waals surface area contributed by atoms with E-state index in [9.17, 15) is 0 Å². The number of hydrogen-bond donors (Lipinski definition) is 1. The van der Waals surface area contributed by atoms with E-state index in [1.807, 2.05) is 17.8 Å². The average Bonchev–Trinajstić information content (AvgIpc) is 2.85. The van der Waals surface area contributed by atoms with Gasteiger partial charge in [0.1, 0.15) is 5.01 Å². The van der Waals surface area contributed by atoms with Gasteiger partial charge in [-0.2, -0.15) is 5.10 Å². The maximum absolute atomic E-state index is 4.48. The summed E-state index contributed by atoms with van der Waals surface area (Å²) in [5.41, 5.74) is 3.67. The summed E-state index contributed by atoms with van der Waals surface area (Å²) >= 11 is 1.69. The number of aryl methyl sites for hydroxylation is 1. The van der Waals surface area contributed by atoms with Gasteiger partial charge < -0.3 is 5.32 Å². The maximum atomic E-state index is 4.48. The molecule has 1 N–H and O–H groups in total. The Kier molecular flexibility index (Phi) is 4.06.